The quantitative estimate of drug-likeness (QED) is 0.302. The number of Topliss-reactive ketones (excluding diaryl/α,β-unsaturated/α-hetero) is 1. The first-order valence-corrected chi connectivity index (χ1v) is 15.2. The number of hydrogen-bond donors (Lipinski definition) is 4. The number of piperidine rings is 1. The molecule has 7 atom stereocenters. The molecular formula is C31H43BN4O5P. The molecule has 0 spiro atoms. The maximum atomic E-state index is 14.4. The molecule has 0 bridgehead atoms. The summed E-state index contributed by atoms with van der Waals surface area (Å²) in [6.07, 6.45) is 2.03. The van der Waals surface area contributed by atoms with E-state index in [9.17, 15) is 24.9 Å². The molecule has 1 heterocycles. The van der Waals surface area contributed by atoms with Gasteiger partial charge in [-0.05, 0) is 18.3 Å². The number of benzene rings is 1. The third-order valence-electron chi connectivity index (χ3n) is 9.77. The van der Waals surface area contributed by atoms with Gasteiger partial charge in [0.15, 0.2) is 0 Å². The molecule has 4 aliphatic rings. The molecule has 2 fully saturated rings. The van der Waals surface area contributed by atoms with Crippen LogP contribution in [0.2, 0.25) is 0 Å². The van der Waals surface area contributed by atoms with Gasteiger partial charge in [0.2, 0.25) is 0 Å². The SMILES string of the molecule is [B]=C1C(C(N)=O)=C(O)[C@@H](N(C)C)[C@@H]2C[C@@H]3Cc4c(c(O)cc(CN5CC(C)CC(C)C5)c4N(C)C)C(O)=C3C(=O)[C@]12P. The van der Waals surface area contributed by atoms with Crippen molar-refractivity contribution >= 4 is 45.3 Å². The molecule has 3 unspecified atom stereocenters. The minimum atomic E-state index is -1.47. The van der Waals surface area contributed by atoms with Crippen molar-refractivity contribution in [2.24, 2.45) is 29.4 Å². The molecule has 1 saturated heterocycles. The number of aliphatic hydroxyl groups is 2. The van der Waals surface area contributed by atoms with E-state index in [0.29, 0.717) is 31.2 Å². The number of likely N-dealkylation sites (N-methyl/N-ethyl adjacent to an activating group) is 1. The first-order chi connectivity index (χ1) is 19.6. The van der Waals surface area contributed by atoms with Gasteiger partial charge < -0.3 is 0 Å². The van der Waals surface area contributed by atoms with Crippen LogP contribution in [0.15, 0.2) is 23.0 Å². The van der Waals surface area contributed by atoms with Crippen molar-refractivity contribution < 1.29 is 24.9 Å². The van der Waals surface area contributed by atoms with E-state index >= 15 is 0 Å². The van der Waals surface area contributed by atoms with E-state index in [0.717, 1.165) is 29.9 Å². The minimum absolute atomic E-state index is 0.0676. The van der Waals surface area contributed by atoms with Crippen LogP contribution >= 0.6 is 9.24 Å². The summed E-state index contributed by atoms with van der Waals surface area (Å²) in [6, 6.07) is 1.03. The van der Waals surface area contributed by atoms with Crippen LogP contribution in [0.4, 0.5) is 5.69 Å². The second-order valence-corrected chi connectivity index (χ2v) is 14.4. The number of phenolic OH excluding ortho intramolecular Hbond substituents is 1. The molecule has 1 aliphatic heterocycles. The van der Waals surface area contributed by atoms with Gasteiger partial charge in [0, 0.05) is 0 Å². The van der Waals surface area contributed by atoms with Crippen molar-refractivity contribution in [2.45, 2.75) is 50.9 Å². The Morgan fingerprint density at radius 2 is 1.76 bits per heavy atom. The predicted molar refractivity (Wildman–Crippen MR) is 170 cm³/mol. The molecule has 1 radical (unpaired) electrons. The number of hydrogen-bond acceptors (Lipinski definition) is 8. The van der Waals surface area contributed by atoms with Crippen LogP contribution in [0.5, 0.6) is 5.75 Å². The fourth-order valence-corrected chi connectivity index (χ4v) is 8.99. The van der Waals surface area contributed by atoms with Crippen molar-refractivity contribution in [1.82, 2.24) is 9.80 Å². The van der Waals surface area contributed by atoms with Crippen LogP contribution in [-0.2, 0) is 22.6 Å². The number of aromatic hydroxyl groups is 1. The summed E-state index contributed by atoms with van der Waals surface area (Å²) >= 11 is 0. The summed E-state index contributed by atoms with van der Waals surface area (Å²) in [5, 5.41) is 32.8. The molecule has 3 aliphatic carbocycles. The summed E-state index contributed by atoms with van der Waals surface area (Å²) < 4.78 is 0. The maximum absolute atomic E-state index is 14.4. The van der Waals surface area contributed by atoms with Crippen molar-refractivity contribution in [3.05, 3.63) is 39.7 Å². The molecule has 5 rings (SSSR count). The molecule has 42 heavy (non-hydrogen) atoms. The summed E-state index contributed by atoms with van der Waals surface area (Å²) in [4.78, 5) is 33.0. The van der Waals surface area contributed by atoms with Crippen molar-refractivity contribution in [3.8, 4) is 5.75 Å². The van der Waals surface area contributed by atoms with Gasteiger partial charge in [-0.1, -0.05) is 13.8 Å². The molecule has 1 aromatic rings. The predicted octanol–water partition coefficient (Wildman–Crippen LogP) is 2.16. The monoisotopic (exact) mass is 593 g/mol. The summed E-state index contributed by atoms with van der Waals surface area (Å²) in [7, 11) is 16.5. The fourth-order valence-electron chi connectivity index (χ4n) is 8.38. The second kappa shape index (κ2) is 10.8. The van der Waals surface area contributed by atoms with Crippen LogP contribution in [0, 0.1) is 23.7 Å². The van der Waals surface area contributed by atoms with Crippen molar-refractivity contribution in [1.29, 1.82) is 0 Å². The van der Waals surface area contributed by atoms with Gasteiger partial charge in [-0.2, -0.15) is 0 Å². The number of phenols is 1. The Bertz CT molecular complexity index is 1430. The van der Waals surface area contributed by atoms with E-state index < -0.39 is 28.8 Å². The number of allylic oxidation sites excluding steroid dienone is 1. The molecule has 0 aromatic heterocycles. The summed E-state index contributed by atoms with van der Waals surface area (Å²) in [5.41, 5.74) is 8.41. The molecular weight excluding hydrogens is 550 g/mol. The van der Waals surface area contributed by atoms with Crippen LogP contribution in [0.25, 0.3) is 5.76 Å². The fraction of sp³-hybridized carbons (Fsp3) is 0.581. The van der Waals surface area contributed by atoms with Gasteiger partial charge in [0.25, 0.3) is 0 Å². The van der Waals surface area contributed by atoms with E-state index in [1.54, 1.807) is 25.1 Å². The van der Waals surface area contributed by atoms with Crippen LogP contribution in [-0.4, -0.2) is 102 Å². The zero-order valence-corrected chi connectivity index (χ0v) is 26.6. The number of nitrogens with zero attached hydrogens (tertiary/aromatic N) is 3. The topological polar surface area (TPSA) is 131 Å². The van der Waals surface area contributed by atoms with Crippen LogP contribution < -0.4 is 10.6 Å². The van der Waals surface area contributed by atoms with Crippen LogP contribution in [0.3, 0.4) is 0 Å². The Morgan fingerprint density at radius 3 is 2.31 bits per heavy atom. The molecule has 1 saturated carbocycles. The Balaban J connectivity index is 1.65. The Kier molecular flexibility index (Phi) is 7.91. The zero-order chi connectivity index (χ0) is 31.0. The van der Waals surface area contributed by atoms with Crippen molar-refractivity contribution in [3.63, 3.8) is 0 Å². The summed E-state index contributed by atoms with van der Waals surface area (Å²) in [6.45, 7) is 7.17. The van der Waals surface area contributed by atoms with Gasteiger partial charge in [0.05, 0.1) is 0 Å². The molecule has 9 nitrogen and oxygen atoms in total. The average Bonchev–Trinajstić information content (AvgIpc) is 2.84. The number of nitrogens with two attached hydrogens (primary N) is 1. The second-order valence-electron chi connectivity index (χ2n) is 13.4. The molecule has 5 N–H and O–H groups in total. The number of ketones is 1. The molecule has 225 valence electrons. The number of likely N-dealkylation sites (tertiary alicyclic amines) is 1. The first-order valence-electron chi connectivity index (χ1n) is 14.7. The van der Waals surface area contributed by atoms with Gasteiger partial charge in [-0.3, -0.25) is 0 Å². The molecule has 1 amide bonds. The number of fused-ring (bicyclic) bond motifs is 3. The third kappa shape index (κ3) is 4.61. The third-order valence-corrected chi connectivity index (χ3v) is 10.8. The number of rotatable bonds is 5. The van der Waals surface area contributed by atoms with Gasteiger partial charge in [-0.25, -0.2) is 0 Å². The first kappa shape index (κ1) is 30.8. The number of anilines is 1. The van der Waals surface area contributed by atoms with Crippen LogP contribution in [0.1, 0.15) is 43.4 Å². The number of amides is 1. The van der Waals surface area contributed by atoms with Gasteiger partial charge in [-0.15, -0.1) is 0 Å². The molecule has 11 heteroatoms. The van der Waals surface area contributed by atoms with E-state index in [-0.39, 0.29) is 45.4 Å². The Morgan fingerprint density at radius 1 is 1.14 bits per heavy atom. The van der Waals surface area contributed by atoms with Crippen molar-refractivity contribution in [2.75, 3.05) is 46.2 Å². The normalized spacial score (nSPS) is 31.6. The molecule has 1 aromatic carbocycles. The zero-order valence-electron chi connectivity index (χ0n) is 25.4. The standard InChI is InChI=1S/C31H43BN4O5P/c1-14-7-15(2)12-36(11-14)13-17-10-20(37)22-18(24(17)34(3)4)8-16-9-19-25(35(5)6)27(39)23(30(33)41)28(32)31(19,42)29(40)21(16)26(22)38/h10,14-16,19,25,37-39H,7-9,11-13,42H2,1-6H3,(H2,33,41)/t14?,15?,16-,19-,25-,31+/m0/s1. The van der Waals surface area contributed by atoms with Gasteiger partial charge >= 0.3 is 220 Å². The Labute approximate surface area is 251 Å². The average molecular weight is 593 g/mol. The number of carbonyl (C=O) groups is 2. The Hall–Kier alpha value is -2.68. The van der Waals surface area contributed by atoms with E-state index in [1.807, 2.05) is 19.0 Å². The van der Waals surface area contributed by atoms with Gasteiger partial charge in [0.1, 0.15) is 0 Å². The van der Waals surface area contributed by atoms with E-state index in [4.69, 9.17) is 13.2 Å². The van der Waals surface area contributed by atoms with E-state index in [1.165, 1.54) is 6.42 Å². The summed E-state index contributed by atoms with van der Waals surface area (Å²) in [5.74, 6) is -1.65. The number of aliphatic hydroxyl groups excluding tert-OH is 2. The number of carbonyl (C=O) groups excluding carboxylic acids is 2. The number of primary amides is 1. The van der Waals surface area contributed by atoms with E-state index in [2.05, 4.69) is 28.0 Å².